The third-order valence-corrected chi connectivity index (χ3v) is 2.36. The Morgan fingerprint density at radius 3 is 3.12 bits per heavy atom. The third-order valence-electron chi connectivity index (χ3n) is 2.08. The molecule has 7 heteroatoms. The molecule has 1 aromatic rings. The van der Waals surface area contributed by atoms with Crippen LogP contribution in [-0.2, 0) is 16.2 Å². The Bertz CT molecular complexity index is 439. The number of nitrogens with one attached hydrogen (secondary N) is 1. The highest BCUT2D eigenvalue weighted by Gasteiger charge is 2.17. The number of amides is 1. The second kappa shape index (κ2) is 5.22. The van der Waals surface area contributed by atoms with Gasteiger partial charge < -0.3 is 15.2 Å². The van der Waals surface area contributed by atoms with Crippen LogP contribution in [0.2, 0.25) is 5.02 Å². The number of carbonyl (C=O) groups is 1. The molecule has 1 aliphatic rings. The maximum Gasteiger partial charge on any atom is 0.245 e. The number of carbonyl (C=O) groups excluding carboxylic acids is 1. The topological polar surface area (TPSA) is 82.8 Å². The monoisotopic (exact) mass is 258 g/mol. The molecule has 0 aliphatic carbocycles. The van der Waals surface area contributed by atoms with E-state index in [0.29, 0.717) is 23.1 Å². The molecule has 0 radical (unpaired) electrons. The number of primary amides is 1. The first-order chi connectivity index (χ1) is 8.16. The van der Waals surface area contributed by atoms with Gasteiger partial charge in [-0.1, -0.05) is 11.6 Å². The summed E-state index contributed by atoms with van der Waals surface area (Å²) < 4.78 is 10.4. The molecule has 1 aromatic carbocycles. The maximum atomic E-state index is 10.4. The number of fused-ring (bicyclic) bond motifs is 1. The van der Waals surface area contributed by atoms with Crippen LogP contribution in [0, 0.1) is 0 Å². The summed E-state index contributed by atoms with van der Waals surface area (Å²) in [6.07, 6.45) is 0. The van der Waals surface area contributed by atoms with Crippen LogP contribution in [0.3, 0.4) is 0 Å². The van der Waals surface area contributed by atoms with E-state index in [4.69, 9.17) is 31.6 Å². The fraction of sp³-hybridized carbons (Fsp3) is 0.300. The normalized spacial score (nSPS) is 12.8. The number of benzene rings is 1. The zero-order valence-electron chi connectivity index (χ0n) is 8.86. The number of nitrogens with two attached hydrogens (primary N) is 1. The second-order valence-corrected chi connectivity index (χ2v) is 3.79. The molecule has 0 unspecified atom stereocenters. The van der Waals surface area contributed by atoms with Crippen molar-refractivity contribution in [3.05, 3.63) is 22.7 Å². The highest BCUT2D eigenvalue weighted by molar-refractivity contribution is 6.32. The lowest BCUT2D eigenvalue weighted by Gasteiger charge is -2.06. The van der Waals surface area contributed by atoms with Crippen LogP contribution >= 0.6 is 11.6 Å². The van der Waals surface area contributed by atoms with Crippen molar-refractivity contribution < 1.29 is 19.1 Å². The molecule has 0 spiro atoms. The predicted octanol–water partition coefficient (Wildman–Crippen LogP) is 0.575. The summed E-state index contributed by atoms with van der Waals surface area (Å²) in [6, 6.07) is 3.52. The van der Waals surface area contributed by atoms with Gasteiger partial charge in [-0.15, -0.1) is 0 Å². The lowest BCUT2D eigenvalue weighted by molar-refractivity contribution is -0.125. The van der Waals surface area contributed by atoms with Gasteiger partial charge in [-0.25, -0.2) is 0 Å². The molecule has 0 bridgehead atoms. The van der Waals surface area contributed by atoms with E-state index in [9.17, 15) is 4.79 Å². The average Bonchev–Trinajstić information content (AvgIpc) is 2.72. The van der Waals surface area contributed by atoms with Crippen molar-refractivity contribution in [2.75, 3.05) is 13.4 Å². The molecule has 0 aromatic heterocycles. The van der Waals surface area contributed by atoms with Crippen molar-refractivity contribution in [1.29, 1.82) is 0 Å². The number of hydrogen-bond acceptors (Lipinski definition) is 5. The Morgan fingerprint density at radius 2 is 2.35 bits per heavy atom. The van der Waals surface area contributed by atoms with E-state index in [0.717, 1.165) is 5.56 Å². The Labute approximate surface area is 103 Å². The first-order valence-electron chi connectivity index (χ1n) is 4.88. The Balaban J connectivity index is 1.93. The highest BCUT2D eigenvalue weighted by atomic mass is 35.5. The van der Waals surface area contributed by atoms with Gasteiger partial charge in [0.2, 0.25) is 12.7 Å². The van der Waals surface area contributed by atoms with Gasteiger partial charge in [0.1, 0.15) is 6.61 Å². The van der Waals surface area contributed by atoms with Gasteiger partial charge in [0.15, 0.2) is 11.5 Å². The van der Waals surface area contributed by atoms with Gasteiger partial charge in [0.25, 0.3) is 0 Å². The van der Waals surface area contributed by atoms with Gasteiger partial charge in [-0.2, -0.15) is 5.48 Å². The van der Waals surface area contributed by atoms with E-state index in [1.54, 1.807) is 12.1 Å². The quantitative estimate of drug-likeness (QED) is 0.596. The molecule has 1 aliphatic heterocycles. The Hall–Kier alpha value is -1.50. The molecule has 0 fully saturated rings. The summed E-state index contributed by atoms with van der Waals surface area (Å²) in [5.41, 5.74) is 8.35. The molecule has 6 nitrogen and oxygen atoms in total. The minimum Gasteiger partial charge on any atom is -0.454 e. The van der Waals surface area contributed by atoms with E-state index >= 15 is 0 Å². The van der Waals surface area contributed by atoms with Gasteiger partial charge in [-0.3, -0.25) is 9.63 Å². The number of hydrogen-bond donors (Lipinski definition) is 2. The molecule has 1 amide bonds. The van der Waals surface area contributed by atoms with Crippen molar-refractivity contribution >= 4 is 17.5 Å². The Morgan fingerprint density at radius 1 is 1.53 bits per heavy atom. The largest absolute Gasteiger partial charge is 0.454 e. The Kier molecular flexibility index (Phi) is 3.68. The summed E-state index contributed by atoms with van der Waals surface area (Å²) >= 11 is 5.99. The van der Waals surface area contributed by atoms with Crippen molar-refractivity contribution in [3.8, 4) is 11.5 Å². The average molecular weight is 259 g/mol. The molecular formula is C10H11ClN2O4. The van der Waals surface area contributed by atoms with E-state index in [1.165, 1.54) is 0 Å². The van der Waals surface area contributed by atoms with Crippen LogP contribution in [0.5, 0.6) is 11.5 Å². The zero-order valence-corrected chi connectivity index (χ0v) is 9.62. The SMILES string of the molecule is NC(=O)CONCc1cc(Cl)c2c(c1)OCO2. The minimum atomic E-state index is -0.541. The van der Waals surface area contributed by atoms with Crippen LogP contribution in [-0.4, -0.2) is 19.3 Å². The molecule has 92 valence electrons. The van der Waals surface area contributed by atoms with Crippen LogP contribution in [0.15, 0.2) is 12.1 Å². The molecule has 3 N–H and O–H groups in total. The minimum absolute atomic E-state index is 0.171. The predicted molar refractivity (Wildman–Crippen MR) is 59.6 cm³/mol. The molecule has 0 saturated carbocycles. The molecule has 0 atom stereocenters. The molecule has 1 heterocycles. The molecule has 2 rings (SSSR count). The lowest BCUT2D eigenvalue weighted by atomic mass is 10.2. The van der Waals surface area contributed by atoms with Crippen LogP contribution in [0.4, 0.5) is 0 Å². The first kappa shape index (κ1) is 12.0. The van der Waals surface area contributed by atoms with Gasteiger partial charge in [0.05, 0.1) is 5.02 Å². The maximum absolute atomic E-state index is 10.4. The van der Waals surface area contributed by atoms with Crippen LogP contribution < -0.4 is 20.7 Å². The first-order valence-corrected chi connectivity index (χ1v) is 5.25. The van der Waals surface area contributed by atoms with E-state index < -0.39 is 5.91 Å². The number of halogens is 1. The smallest absolute Gasteiger partial charge is 0.245 e. The third kappa shape index (κ3) is 3.00. The number of hydroxylamine groups is 1. The lowest BCUT2D eigenvalue weighted by Crippen LogP contribution is -2.24. The zero-order chi connectivity index (χ0) is 12.3. The molecular weight excluding hydrogens is 248 g/mol. The van der Waals surface area contributed by atoms with E-state index in [-0.39, 0.29) is 13.4 Å². The van der Waals surface area contributed by atoms with Crippen LogP contribution in [0.1, 0.15) is 5.56 Å². The standard InChI is InChI=1S/C10H11ClN2O4/c11-7-1-6(3-13-17-4-9(12)14)2-8-10(7)16-5-15-8/h1-2,13H,3-5H2,(H2,12,14). The summed E-state index contributed by atoms with van der Waals surface area (Å²) in [4.78, 5) is 15.2. The summed E-state index contributed by atoms with van der Waals surface area (Å²) in [7, 11) is 0. The molecule has 17 heavy (non-hydrogen) atoms. The highest BCUT2D eigenvalue weighted by Crippen LogP contribution is 2.39. The van der Waals surface area contributed by atoms with Crippen molar-refractivity contribution in [3.63, 3.8) is 0 Å². The molecule has 0 saturated heterocycles. The van der Waals surface area contributed by atoms with Gasteiger partial charge in [0, 0.05) is 6.54 Å². The van der Waals surface area contributed by atoms with E-state index in [2.05, 4.69) is 5.48 Å². The van der Waals surface area contributed by atoms with Crippen molar-refractivity contribution in [2.45, 2.75) is 6.54 Å². The summed E-state index contributed by atoms with van der Waals surface area (Å²) in [5.74, 6) is 0.610. The fourth-order valence-electron chi connectivity index (χ4n) is 1.38. The van der Waals surface area contributed by atoms with Gasteiger partial charge in [-0.05, 0) is 17.7 Å². The number of ether oxygens (including phenoxy) is 2. The van der Waals surface area contributed by atoms with Crippen molar-refractivity contribution in [1.82, 2.24) is 5.48 Å². The summed E-state index contributed by atoms with van der Waals surface area (Å²) in [6.45, 7) is 0.367. The van der Waals surface area contributed by atoms with Crippen molar-refractivity contribution in [2.24, 2.45) is 5.73 Å². The second-order valence-electron chi connectivity index (χ2n) is 3.39. The van der Waals surface area contributed by atoms with Gasteiger partial charge >= 0.3 is 0 Å². The fourth-order valence-corrected chi connectivity index (χ4v) is 1.67. The van der Waals surface area contributed by atoms with Crippen LogP contribution in [0.25, 0.3) is 0 Å². The van der Waals surface area contributed by atoms with E-state index in [1.807, 2.05) is 0 Å². The number of rotatable bonds is 5. The summed E-state index contributed by atoms with van der Waals surface area (Å²) in [5, 5.41) is 0.478.